The molecule has 0 saturated carbocycles. The van der Waals surface area contributed by atoms with Gasteiger partial charge in [-0.3, -0.25) is 38.9 Å². The molecule has 1 saturated heterocycles. The van der Waals surface area contributed by atoms with Gasteiger partial charge < -0.3 is 36.8 Å². The Labute approximate surface area is 313 Å². The van der Waals surface area contributed by atoms with Crippen LogP contribution in [0.15, 0.2) is 84.9 Å². The van der Waals surface area contributed by atoms with Crippen LogP contribution in [0.2, 0.25) is 0 Å². The first-order valence-electron chi connectivity index (χ1n) is 17.7. The zero-order valence-electron chi connectivity index (χ0n) is 30.4. The minimum atomic E-state index is -1.51. The lowest BCUT2D eigenvalue weighted by atomic mass is 10.0. The lowest BCUT2D eigenvalue weighted by molar-refractivity contribution is -0.384. The standard InChI is InChI=1S/C38H46N8O8/c1-24(2)21-30(42-37(51)32-15-10-20-45(32)25(3)47)35(49)39-23-33(48)44-34(40-28-16-18-29(19-17-28)46(53)54)38(52)43-31(22-26-11-6-4-7-12-26)36(50)41-27-13-8-5-9-14-27/h4-9,11-14,16-19,24,30-32,34,40H,10,15,20-23H2,1-3H3,(H,39,49)(H,41,50)(H,42,51)(H,43,52)(H,44,48)/t30-,31-,32?,34+/m0/s1. The molecule has 6 amide bonds. The Morgan fingerprint density at radius 3 is 2.06 bits per heavy atom. The third kappa shape index (κ3) is 12.1. The number of carbonyl (C=O) groups excluding carboxylic acids is 6. The zero-order chi connectivity index (χ0) is 39.2. The fourth-order valence-corrected chi connectivity index (χ4v) is 5.97. The highest BCUT2D eigenvalue weighted by atomic mass is 16.6. The number of anilines is 2. The van der Waals surface area contributed by atoms with Gasteiger partial charge in [-0.05, 0) is 55.0 Å². The lowest BCUT2D eigenvalue weighted by Crippen LogP contribution is -2.58. The van der Waals surface area contributed by atoms with E-state index in [1.807, 2.05) is 19.9 Å². The van der Waals surface area contributed by atoms with E-state index in [1.54, 1.807) is 54.6 Å². The van der Waals surface area contributed by atoms with E-state index in [2.05, 4.69) is 31.9 Å². The maximum Gasteiger partial charge on any atom is 0.269 e. The Morgan fingerprint density at radius 1 is 0.796 bits per heavy atom. The van der Waals surface area contributed by atoms with Gasteiger partial charge in [0, 0.05) is 43.4 Å². The number of nitrogens with zero attached hydrogens (tertiary/aromatic N) is 2. The number of nitrogens with one attached hydrogen (secondary N) is 6. The number of rotatable bonds is 17. The largest absolute Gasteiger partial charge is 0.358 e. The SMILES string of the molecule is CC(=O)N1CCCC1C(=O)N[C@@H](CC(C)C)C(=O)NCC(=O)N[C@@H](Nc1ccc([N+](=O)[O-])cc1)C(=O)N[C@@H](Cc1ccccc1)C(=O)Nc1ccccc1. The molecular formula is C38H46N8O8. The number of hydrogen-bond acceptors (Lipinski definition) is 9. The van der Waals surface area contributed by atoms with Gasteiger partial charge in [0.05, 0.1) is 11.5 Å². The number of benzene rings is 3. The average molecular weight is 743 g/mol. The van der Waals surface area contributed by atoms with Crippen LogP contribution in [0.25, 0.3) is 0 Å². The van der Waals surface area contributed by atoms with Crippen molar-refractivity contribution in [1.82, 2.24) is 26.2 Å². The molecule has 286 valence electrons. The van der Waals surface area contributed by atoms with Crippen LogP contribution in [0.5, 0.6) is 0 Å². The fraction of sp³-hybridized carbons (Fsp3) is 0.368. The van der Waals surface area contributed by atoms with Crippen molar-refractivity contribution < 1.29 is 33.7 Å². The first kappa shape index (κ1) is 40.5. The smallest absolute Gasteiger partial charge is 0.269 e. The first-order valence-corrected chi connectivity index (χ1v) is 17.7. The summed E-state index contributed by atoms with van der Waals surface area (Å²) < 4.78 is 0. The Hall–Kier alpha value is -6.32. The van der Waals surface area contributed by atoms with Crippen molar-refractivity contribution in [1.29, 1.82) is 0 Å². The molecule has 0 radical (unpaired) electrons. The van der Waals surface area contributed by atoms with Gasteiger partial charge in [0.2, 0.25) is 29.5 Å². The maximum absolute atomic E-state index is 13.9. The molecule has 4 atom stereocenters. The van der Waals surface area contributed by atoms with Crippen LogP contribution in [0.4, 0.5) is 17.1 Å². The number of likely N-dealkylation sites (tertiary alicyclic amines) is 1. The minimum Gasteiger partial charge on any atom is -0.358 e. The number of amides is 6. The van der Waals surface area contributed by atoms with Gasteiger partial charge in [0.1, 0.15) is 18.1 Å². The number of hydrogen-bond donors (Lipinski definition) is 6. The molecule has 0 aliphatic carbocycles. The van der Waals surface area contributed by atoms with E-state index < -0.39 is 65.3 Å². The van der Waals surface area contributed by atoms with E-state index in [1.165, 1.54) is 36.1 Å². The molecule has 1 aliphatic rings. The van der Waals surface area contributed by atoms with Crippen LogP contribution >= 0.6 is 0 Å². The van der Waals surface area contributed by atoms with E-state index in [-0.39, 0.29) is 36.0 Å². The predicted molar refractivity (Wildman–Crippen MR) is 201 cm³/mol. The number of nitro benzene ring substituents is 1. The summed E-state index contributed by atoms with van der Waals surface area (Å²) in [6.07, 6.45) is -0.0219. The normalized spacial score (nSPS) is 15.3. The van der Waals surface area contributed by atoms with Crippen LogP contribution in [0.3, 0.4) is 0 Å². The van der Waals surface area contributed by atoms with Gasteiger partial charge in [-0.2, -0.15) is 0 Å². The zero-order valence-corrected chi connectivity index (χ0v) is 30.4. The van der Waals surface area contributed by atoms with Crippen molar-refractivity contribution in [3.05, 3.63) is 101 Å². The van der Waals surface area contributed by atoms with Gasteiger partial charge in [-0.1, -0.05) is 62.4 Å². The van der Waals surface area contributed by atoms with E-state index in [4.69, 9.17) is 0 Å². The molecular weight excluding hydrogens is 696 g/mol. The van der Waals surface area contributed by atoms with Crippen LogP contribution in [-0.4, -0.2) is 82.6 Å². The van der Waals surface area contributed by atoms with Gasteiger partial charge >= 0.3 is 0 Å². The summed E-state index contributed by atoms with van der Waals surface area (Å²) in [6.45, 7) is 4.99. The second-order valence-corrected chi connectivity index (χ2v) is 13.3. The van der Waals surface area contributed by atoms with Crippen molar-refractivity contribution in [3.63, 3.8) is 0 Å². The summed E-state index contributed by atoms with van der Waals surface area (Å²) in [5.41, 5.74) is 1.30. The van der Waals surface area contributed by atoms with E-state index in [9.17, 15) is 38.9 Å². The minimum absolute atomic E-state index is 0.00994. The molecule has 0 bridgehead atoms. The molecule has 3 aromatic rings. The lowest BCUT2D eigenvalue weighted by Gasteiger charge is -2.26. The van der Waals surface area contributed by atoms with E-state index in [0.29, 0.717) is 25.1 Å². The Bertz CT molecular complexity index is 1790. The molecule has 16 nitrogen and oxygen atoms in total. The topological polar surface area (TPSA) is 221 Å². The number of non-ortho nitro benzene ring substituents is 1. The van der Waals surface area contributed by atoms with E-state index >= 15 is 0 Å². The molecule has 0 spiro atoms. The second-order valence-electron chi connectivity index (χ2n) is 13.3. The maximum atomic E-state index is 13.9. The molecule has 6 N–H and O–H groups in total. The van der Waals surface area contributed by atoms with Crippen molar-refractivity contribution in [2.75, 3.05) is 23.7 Å². The Morgan fingerprint density at radius 2 is 1.44 bits per heavy atom. The average Bonchev–Trinajstić information content (AvgIpc) is 3.65. The summed E-state index contributed by atoms with van der Waals surface area (Å²) in [4.78, 5) is 91.2. The van der Waals surface area contributed by atoms with Crippen molar-refractivity contribution in [3.8, 4) is 0 Å². The summed E-state index contributed by atoms with van der Waals surface area (Å²) in [6, 6.07) is 20.0. The van der Waals surface area contributed by atoms with Gasteiger partial charge in [-0.25, -0.2) is 0 Å². The van der Waals surface area contributed by atoms with Gasteiger partial charge in [-0.15, -0.1) is 0 Å². The van der Waals surface area contributed by atoms with Gasteiger partial charge in [0.25, 0.3) is 11.6 Å². The highest BCUT2D eigenvalue weighted by Crippen LogP contribution is 2.19. The quantitative estimate of drug-likeness (QED) is 0.0679. The molecule has 1 fully saturated rings. The Kier molecular flexibility index (Phi) is 14.6. The fourth-order valence-electron chi connectivity index (χ4n) is 5.97. The molecule has 1 heterocycles. The van der Waals surface area contributed by atoms with Crippen molar-refractivity contribution in [2.45, 2.75) is 70.7 Å². The summed E-state index contributed by atoms with van der Waals surface area (Å²) >= 11 is 0. The molecule has 3 aromatic carbocycles. The molecule has 4 rings (SSSR count). The monoisotopic (exact) mass is 742 g/mol. The highest BCUT2D eigenvalue weighted by Gasteiger charge is 2.35. The molecule has 0 aromatic heterocycles. The predicted octanol–water partition coefficient (Wildman–Crippen LogP) is 2.47. The Balaban J connectivity index is 1.49. The number of para-hydroxylation sites is 1. The molecule has 16 heteroatoms. The van der Waals surface area contributed by atoms with Crippen molar-refractivity contribution >= 4 is 52.5 Å². The van der Waals surface area contributed by atoms with Gasteiger partial charge in [0.15, 0.2) is 6.17 Å². The third-order valence-electron chi connectivity index (χ3n) is 8.64. The first-order chi connectivity index (χ1) is 25.8. The van der Waals surface area contributed by atoms with Crippen LogP contribution in [0.1, 0.15) is 45.6 Å². The molecule has 54 heavy (non-hydrogen) atoms. The van der Waals surface area contributed by atoms with Crippen LogP contribution < -0.4 is 31.9 Å². The summed E-state index contributed by atoms with van der Waals surface area (Å²) in [5.74, 6) is -3.47. The summed E-state index contributed by atoms with van der Waals surface area (Å²) in [7, 11) is 0. The van der Waals surface area contributed by atoms with Crippen LogP contribution in [-0.2, 0) is 35.2 Å². The number of nitro groups is 1. The van der Waals surface area contributed by atoms with Crippen molar-refractivity contribution in [2.24, 2.45) is 5.92 Å². The molecule has 1 aliphatic heterocycles. The second kappa shape index (κ2) is 19.5. The molecule has 1 unspecified atom stereocenters. The highest BCUT2D eigenvalue weighted by molar-refractivity contribution is 5.99. The van der Waals surface area contributed by atoms with Crippen LogP contribution in [0, 0.1) is 16.0 Å². The summed E-state index contributed by atoms with van der Waals surface area (Å²) in [5, 5.41) is 27.3. The van der Waals surface area contributed by atoms with E-state index in [0.717, 1.165) is 5.56 Å². The third-order valence-corrected chi connectivity index (χ3v) is 8.64. The number of carbonyl (C=O) groups is 6.